The molecule has 0 aromatic rings. The Morgan fingerprint density at radius 1 is 0.938 bits per heavy atom. The molecule has 0 spiro atoms. The van der Waals surface area contributed by atoms with Crippen LogP contribution in [0, 0.1) is 10.1 Å². The highest BCUT2D eigenvalue weighted by Crippen LogP contribution is 2.09. The molecule has 0 fully saturated rings. The first-order chi connectivity index (χ1) is 7.63. The lowest BCUT2D eigenvalue weighted by Crippen LogP contribution is -1.99. The van der Waals surface area contributed by atoms with E-state index in [1.165, 1.54) is 0 Å². The fraction of sp³-hybridized carbons (Fsp3) is 0.909. The Hall–Kier alpha value is -1.13. The molecule has 0 aliphatic heterocycles. The van der Waals surface area contributed by atoms with Crippen LogP contribution in [-0.4, -0.2) is 22.5 Å². The third-order valence-electron chi connectivity index (χ3n) is 2.48. The summed E-state index contributed by atoms with van der Waals surface area (Å²) < 4.78 is 0. The van der Waals surface area contributed by atoms with Gasteiger partial charge in [0.05, 0.1) is 0 Å². The Morgan fingerprint density at radius 2 is 1.38 bits per heavy atom. The molecule has 0 bridgehead atoms. The average molecular weight is 231 g/mol. The topological polar surface area (TPSA) is 80.4 Å². The molecule has 94 valence electrons. The first-order valence-electron chi connectivity index (χ1n) is 5.96. The summed E-state index contributed by atoms with van der Waals surface area (Å²) in [6.07, 6.45) is 7.93. The molecule has 0 saturated heterocycles. The highest BCUT2D eigenvalue weighted by atomic mass is 16.6. The molecular formula is C11H21NO4. The quantitative estimate of drug-likeness (QED) is 0.337. The van der Waals surface area contributed by atoms with Crippen molar-refractivity contribution >= 4 is 5.97 Å². The minimum absolute atomic E-state index is 0.0820. The van der Waals surface area contributed by atoms with Crippen molar-refractivity contribution in [3.05, 3.63) is 10.1 Å². The van der Waals surface area contributed by atoms with Crippen molar-refractivity contribution in [1.82, 2.24) is 0 Å². The molecule has 5 nitrogen and oxygen atoms in total. The SMILES string of the molecule is O=C(O)CCCCCCCCCC[N+](=O)[O-]. The van der Waals surface area contributed by atoms with E-state index < -0.39 is 5.97 Å². The summed E-state index contributed by atoms with van der Waals surface area (Å²) in [7, 11) is 0. The summed E-state index contributed by atoms with van der Waals surface area (Å²) in [4.78, 5) is 20.0. The van der Waals surface area contributed by atoms with Crippen LogP contribution in [0.3, 0.4) is 0 Å². The van der Waals surface area contributed by atoms with E-state index in [0.717, 1.165) is 44.9 Å². The third kappa shape index (κ3) is 12.9. The molecule has 0 saturated carbocycles. The molecule has 0 rings (SSSR count). The van der Waals surface area contributed by atoms with Gasteiger partial charge in [-0.05, 0) is 12.8 Å². The molecule has 1 N–H and O–H groups in total. The normalized spacial score (nSPS) is 10.2. The molecule has 0 amide bonds. The van der Waals surface area contributed by atoms with Gasteiger partial charge in [0.2, 0.25) is 6.54 Å². The van der Waals surface area contributed by atoms with Crippen molar-refractivity contribution in [3.8, 4) is 0 Å². The number of carboxylic acids is 1. The lowest BCUT2D eigenvalue weighted by molar-refractivity contribution is -0.480. The summed E-state index contributed by atoms with van der Waals surface area (Å²) in [5, 5.41) is 18.4. The Balaban J connectivity index is 2.98. The standard InChI is InChI=1S/C11H21NO4/c13-11(14)9-7-5-3-1-2-4-6-8-10-12(15)16/h1-10H2,(H,13,14). The van der Waals surface area contributed by atoms with E-state index in [-0.39, 0.29) is 17.9 Å². The van der Waals surface area contributed by atoms with E-state index >= 15 is 0 Å². The first kappa shape index (κ1) is 14.9. The molecule has 16 heavy (non-hydrogen) atoms. The number of aliphatic carboxylic acids is 1. The Kier molecular flexibility index (Phi) is 9.66. The fourth-order valence-corrected chi connectivity index (χ4v) is 1.58. The van der Waals surface area contributed by atoms with E-state index in [1.807, 2.05) is 0 Å². The van der Waals surface area contributed by atoms with E-state index in [2.05, 4.69) is 0 Å². The molecule has 0 radical (unpaired) electrons. The summed E-state index contributed by atoms with van der Waals surface area (Å²) in [6, 6.07) is 0. The van der Waals surface area contributed by atoms with Gasteiger partial charge in [-0.2, -0.15) is 0 Å². The van der Waals surface area contributed by atoms with Crippen LogP contribution in [-0.2, 0) is 4.79 Å². The number of unbranched alkanes of at least 4 members (excludes halogenated alkanes) is 7. The second-order valence-corrected chi connectivity index (χ2v) is 4.03. The van der Waals surface area contributed by atoms with Crippen LogP contribution in [0.15, 0.2) is 0 Å². The zero-order valence-electron chi connectivity index (χ0n) is 9.69. The summed E-state index contributed by atoms with van der Waals surface area (Å²) in [5.41, 5.74) is 0. The Morgan fingerprint density at radius 3 is 1.81 bits per heavy atom. The molecule has 0 heterocycles. The van der Waals surface area contributed by atoms with Crippen molar-refractivity contribution in [1.29, 1.82) is 0 Å². The molecule has 0 aromatic heterocycles. The lowest BCUT2D eigenvalue weighted by Gasteiger charge is -2.00. The van der Waals surface area contributed by atoms with Gasteiger partial charge in [-0.1, -0.05) is 32.1 Å². The maximum absolute atomic E-state index is 10.2. The van der Waals surface area contributed by atoms with E-state index in [9.17, 15) is 14.9 Å². The van der Waals surface area contributed by atoms with Gasteiger partial charge in [0, 0.05) is 17.8 Å². The molecule has 0 aromatic carbocycles. The van der Waals surface area contributed by atoms with Crippen molar-refractivity contribution in [3.63, 3.8) is 0 Å². The first-order valence-corrected chi connectivity index (χ1v) is 5.96. The van der Waals surface area contributed by atoms with E-state index in [4.69, 9.17) is 5.11 Å². The van der Waals surface area contributed by atoms with Gasteiger partial charge >= 0.3 is 5.97 Å². The highest BCUT2D eigenvalue weighted by Gasteiger charge is 1.98. The molecule has 0 aliphatic carbocycles. The van der Waals surface area contributed by atoms with Crippen molar-refractivity contribution in [2.75, 3.05) is 6.54 Å². The van der Waals surface area contributed by atoms with Crippen LogP contribution in [0.5, 0.6) is 0 Å². The van der Waals surface area contributed by atoms with Gasteiger partial charge in [-0.25, -0.2) is 0 Å². The number of nitro groups is 1. The zero-order chi connectivity index (χ0) is 12.2. The minimum atomic E-state index is -0.722. The number of hydrogen-bond acceptors (Lipinski definition) is 3. The van der Waals surface area contributed by atoms with Crippen LogP contribution in [0.4, 0.5) is 0 Å². The van der Waals surface area contributed by atoms with Gasteiger partial charge < -0.3 is 5.11 Å². The maximum atomic E-state index is 10.2. The largest absolute Gasteiger partial charge is 0.481 e. The third-order valence-corrected chi connectivity index (χ3v) is 2.48. The van der Waals surface area contributed by atoms with Gasteiger partial charge in [0.15, 0.2) is 0 Å². The van der Waals surface area contributed by atoms with E-state index in [0.29, 0.717) is 6.42 Å². The fourth-order valence-electron chi connectivity index (χ4n) is 1.58. The average Bonchev–Trinajstić information content (AvgIpc) is 2.20. The highest BCUT2D eigenvalue weighted by molar-refractivity contribution is 5.66. The van der Waals surface area contributed by atoms with Gasteiger partial charge in [-0.3, -0.25) is 14.9 Å². The Bertz CT molecular complexity index is 184. The smallest absolute Gasteiger partial charge is 0.303 e. The zero-order valence-corrected chi connectivity index (χ0v) is 9.69. The number of hydrogen-bond donors (Lipinski definition) is 1. The number of nitrogens with zero attached hydrogens (tertiary/aromatic N) is 1. The number of carboxylic acid groups (broad SMARTS) is 1. The van der Waals surface area contributed by atoms with Crippen molar-refractivity contribution in [2.24, 2.45) is 0 Å². The van der Waals surface area contributed by atoms with Gasteiger partial charge in [0.25, 0.3) is 0 Å². The van der Waals surface area contributed by atoms with E-state index in [1.54, 1.807) is 0 Å². The predicted octanol–water partition coefficient (Wildman–Crippen LogP) is 2.86. The van der Waals surface area contributed by atoms with Crippen LogP contribution in [0.1, 0.15) is 57.8 Å². The molecule has 0 unspecified atom stereocenters. The summed E-state index contributed by atoms with van der Waals surface area (Å²) >= 11 is 0. The number of rotatable bonds is 11. The maximum Gasteiger partial charge on any atom is 0.303 e. The molecule has 5 heteroatoms. The molecular weight excluding hydrogens is 210 g/mol. The van der Waals surface area contributed by atoms with Gasteiger partial charge in [0.1, 0.15) is 0 Å². The summed E-state index contributed by atoms with van der Waals surface area (Å²) in [5.74, 6) is -0.722. The predicted molar refractivity (Wildman–Crippen MR) is 61.1 cm³/mol. The minimum Gasteiger partial charge on any atom is -0.481 e. The second kappa shape index (κ2) is 10.4. The van der Waals surface area contributed by atoms with Crippen molar-refractivity contribution < 1.29 is 14.8 Å². The van der Waals surface area contributed by atoms with Crippen LogP contribution in [0.25, 0.3) is 0 Å². The Labute approximate surface area is 96.0 Å². The van der Waals surface area contributed by atoms with Crippen LogP contribution < -0.4 is 0 Å². The van der Waals surface area contributed by atoms with Crippen molar-refractivity contribution in [2.45, 2.75) is 57.8 Å². The van der Waals surface area contributed by atoms with Gasteiger partial charge in [-0.15, -0.1) is 0 Å². The summed E-state index contributed by atoms with van der Waals surface area (Å²) in [6.45, 7) is 0.0820. The molecule has 0 atom stereocenters. The number of carbonyl (C=O) groups is 1. The molecule has 0 aliphatic rings. The van der Waals surface area contributed by atoms with Crippen LogP contribution in [0.2, 0.25) is 0 Å². The monoisotopic (exact) mass is 231 g/mol. The second-order valence-electron chi connectivity index (χ2n) is 4.03. The van der Waals surface area contributed by atoms with Crippen LogP contribution >= 0.6 is 0 Å². The lowest BCUT2D eigenvalue weighted by atomic mass is 10.1.